The maximum atomic E-state index is 11.4. The fourth-order valence-corrected chi connectivity index (χ4v) is 3.85. The molecule has 0 bridgehead atoms. The van der Waals surface area contributed by atoms with Gasteiger partial charge in [-0.05, 0) is 20.5 Å². The highest BCUT2D eigenvalue weighted by Gasteiger charge is 2.03. The zero-order chi connectivity index (χ0) is 21.4. The van der Waals surface area contributed by atoms with Gasteiger partial charge in [-0.25, -0.2) is 0 Å². The zero-order valence-corrected chi connectivity index (χ0v) is 20.3. The minimum absolute atomic E-state index is 0.104. The van der Waals surface area contributed by atoms with Gasteiger partial charge in [-0.1, -0.05) is 129 Å². The average molecular weight is 412 g/mol. The van der Waals surface area contributed by atoms with Gasteiger partial charge < -0.3 is 4.74 Å². The molecule has 0 heterocycles. The molecule has 0 saturated carbocycles. The van der Waals surface area contributed by atoms with Crippen LogP contribution in [0.2, 0.25) is 0 Å². The third-order valence-electron chi connectivity index (χ3n) is 5.71. The predicted octanol–water partition coefficient (Wildman–Crippen LogP) is 7.91. The number of ether oxygens (including phenoxy) is 1. The van der Waals surface area contributed by atoms with Crippen LogP contribution in [0.3, 0.4) is 0 Å². The highest BCUT2D eigenvalue weighted by Crippen LogP contribution is 2.14. The first-order valence-electron chi connectivity index (χ1n) is 13.0. The summed E-state index contributed by atoms with van der Waals surface area (Å²) in [6.45, 7) is 3.27. The molecular weight excluding hydrogens is 358 g/mol. The lowest BCUT2D eigenvalue weighted by Crippen LogP contribution is -2.23. The molecule has 174 valence electrons. The molecule has 0 aliphatic carbocycles. The van der Waals surface area contributed by atoms with E-state index in [9.17, 15) is 4.79 Å². The van der Waals surface area contributed by atoms with Crippen molar-refractivity contribution in [2.75, 3.05) is 27.2 Å². The second kappa shape index (κ2) is 23.7. The number of hydrogen-bond acceptors (Lipinski definition) is 3. The second-order valence-corrected chi connectivity index (χ2v) is 9.18. The molecule has 0 aromatic heterocycles. The van der Waals surface area contributed by atoms with Gasteiger partial charge in [0.15, 0.2) is 0 Å². The average Bonchev–Trinajstić information content (AvgIpc) is 2.68. The minimum atomic E-state index is -0.104. The molecule has 0 atom stereocenters. The highest BCUT2D eigenvalue weighted by atomic mass is 16.5. The van der Waals surface area contributed by atoms with Crippen LogP contribution in [-0.4, -0.2) is 38.1 Å². The zero-order valence-electron chi connectivity index (χ0n) is 20.3. The van der Waals surface area contributed by atoms with Gasteiger partial charge >= 0.3 is 5.97 Å². The third kappa shape index (κ3) is 25.4. The van der Waals surface area contributed by atoms with Crippen LogP contribution in [0.1, 0.15) is 135 Å². The van der Waals surface area contributed by atoms with E-state index >= 15 is 0 Å². The van der Waals surface area contributed by atoms with E-state index in [0.717, 1.165) is 6.42 Å². The van der Waals surface area contributed by atoms with Crippen molar-refractivity contribution in [2.24, 2.45) is 0 Å². The summed E-state index contributed by atoms with van der Waals surface area (Å²) in [5.41, 5.74) is 0. The van der Waals surface area contributed by atoms with Crippen molar-refractivity contribution < 1.29 is 9.53 Å². The summed E-state index contributed by atoms with van der Waals surface area (Å²) < 4.78 is 5.21. The van der Waals surface area contributed by atoms with Crippen LogP contribution in [0.4, 0.5) is 0 Å². The first-order valence-corrected chi connectivity index (χ1v) is 13.0. The maximum absolute atomic E-state index is 11.4. The summed E-state index contributed by atoms with van der Waals surface area (Å²) in [5, 5.41) is 0. The summed E-state index contributed by atoms with van der Waals surface area (Å²) in [7, 11) is 3.78. The van der Waals surface area contributed by atoms with E-state index in [1.54, 1.807) is 0 Å². The topological polar surface area (TPSA) is 29.5 Å². The first-order chi connectivity index (χ1) is 14.2. The molecule has 0 radical (unpaired) electrons. The van der Waals surface area contributed by atoms with E-state index in [1.807, 2.05) is 19.0 Å². The Kier molecular flexibility index (Phi) is 23.2. The molecule has 0 spiro atoms. The monoisotopic (exact) mass is 411 g/mol. The Balaban J connectivity index is 3.06. The van der Waals surface area contributed by atoms with E-state index in [0.29, 0.717) is 13.2 Å². The van der Waals surface area contributed by atoms with E-state index in [2.05, 4.69) is 6.92 Å². The molecule has 0 aliphatic heterocycles. The lowest BCUT2D eigenvalue weighted by atomic mass is 10.0. The van der Waals surface area contributed by atoms with Crippen LogP contribution >= 0.6 is 0 Å². The SMILES string of the molecule is CCCCCCCCCCCCCCCCCCCCCCOC(=O)CN(C)C. The highest BCUT2D eigenvalue weighted by molar-refractivity contribution is 5.71. The van der Waals surface area contributed by atoms with E-state index in [-0.39, 0.29) is 5.97 Å². The molecule has 0 rings (SSSR count). The quantitative estimate of drug-likeness (QED) is 0.126. The molecule has 0 aliphatic rings. The van der Waals surface area contributed by atoms with Crippen molar-refractivity contribution in [1.82, 2.24) is 4.90 Å². The van der Waals surface area contributed by atoms with Crippen LogP contribution in [0.15, 0.2) is 0 Å². The van der Waals surface area contributed by atoms with Gasteiger partial charge in [0.05, 0.1) is 13.2 Å². The molecule has 0 fully saturated rings. The lowest BCUT2D eigenvalue weighted by molar-refractivity contribution is -0.144. The maximum Gasteiger partial charge on any atom is 0.320 e. The van der Waals surface area contributed by atoms with Crippen molar-refractivity contribution in [2.45, 2.75) is 135 Å². The van der Waals surface area contributed by atoms with Gasteiger partial charge in [-0.15, -0.1) is 0 Å². The molecule has 0 saturated heterocycles. The van der Waals surface area contributed by atoms with Gasteiger partial charge in [-0.2, -0.15) is 0 Å². The number of carbonyl (C=O) groups is 1. The van der Waals surface area contributed by atoms with Crippen molar-refractivity contribution in [3.05, 3.63) is 0 Å². The molecule has 0 aromatic rings. The van der Waals surface area contributed by atoms with Gasteiger partial charge in [0.1, 0.15) is 0 Å². The van der Waals surface area contributed by atoms with Gasteiger partial charge in [-0.3, -0.25) is 9.69 Å². The molecular formula is C26H53NO2. The van der Waals surface area contributed by atoms with E-state index < -0.39 is 0 Å². The van der Waals surface area contributed by atoms with Gasteiger partial charge in [0.25, 0.3) is 0 Å². The fourth-order valence-electron chi connectivity index (χ4n) is 3.85. The number of likely N-dealkylation sites (N-methyl/N-ethyl adjacent to an activating group) is 1. The van der Waals surface area contributed by atoms with Crippen molar-refractivity contribution in [3.8, 4) is 0 Å². The summed E-state index contributed by atoms with van der Waals surface area (Å²) in [5.74, 6) is -0.104. The number of unbranched alkanes of at least 4 members (excludes halogenated alkanes) is 19. The Labute approximate surface area is 183 Å². The molecule has 0 aromatic carbocycles. The second-order valence-electron chi connectivity index (χ2n) is 9.18. The molecule has 3 nitrogen and oxygen atoms in total. The molecule has 29 heavy (non-hydrogen) atoms. The van der Waals surface area contributed by atoms with Crippen LogP contribution in [0.25, 0.3) is 0 Å². The Morgan fingerprint density at radius 1 is 0.552 bits per heavy atom. The number of nitrogens with zero attached hydrogens (tertiary/aromatic N) is 1. The van der Waals surface area contributed by atoms with Crippen LogP contribution in [-0.2, 0) is 9.53 Å². The van der Waals surface area contributed by atoms with Gasteiger partial charge in [0, 0.05) is 0 Å². The largest absolute Gasteiger partial charge is 0.465 e. The normalized spacial score (nSPS) is 11.3. The summed E-state index contributed by atoms with van der Waals surface area (Å²) in [6.07, 6.45) is 27.8. The molecule has 3 heteroatoms. The third-order valence-corrected chi connectivity index (χ3v) is 5.71. The Hall–Kier alpha value is -0.570. The standard InChI is InChI=1S/C26H53NO2/c1-4-5-6-7-8-9-10-11-12-13-14-15-16-17-18-19-20-21-22-23-24-29-26(28)25-27(2)3/h4-25H2,1-3H3. The summed E-state index contributed by atoms with van der Waals surface area (Å²) in [4.78, 5) is 13.2. The molecule has 0 unspecified atom stereocenters. The number of rotatable bonds is 23. The van der Waals surface area contributed by atoms with Crippen molar-refractivity contribution in [1.29, 1.82) is 0 Å². The Bertz CT molecular complexity index is 331. The summed E-state index contributed by atoms with van der Waals surface area (Å²) in [6, 6.07) is 0. The van der Waals surface area contributed by atoms with Crippen LogP contribution in [0.5, 0.6) is 0 Å². The number of esters is 1. The Morgan fingerprint density at radius 3 is 1.17 bits per heavy atom. The Morgan fingerprint density at radius 2 is 0.862 bits per heavy atom. The van der Waals surface area contributed by atoms with E-state index in [4.69, 9.17) is 4.74 Å². The smallest absolute Gasteiger partial charge is 0.320 e. The summed E-state index contributed by atoms with van der Waals surface area (Å²) >= 11 is 0. The molecule has 0 amide bonds. The number of hydrogen-bond donors (Lipinski definition) is 0. The van der Waals surface area contributed by atoms with E-state index in [1.165, 1.54) is 122 Å². The fraction of sp³-hybridized carbons (Fsp3) is 0.962. The van der Waals surface area contributed by atoms with Crippen LogP contribution < -0.4 is 0 Å². The van der Waals surface area contributed by atoms with Crippen molar-refractivity contribution in [3.63, 3.8) is 0 Å². The first kappa shape index (κ1) is 28.4. The number of carbonyl (C=O) groups excluding carboxylic acids is 1. The molecule has 0 N–H and O–H groups in total. The predicted molar refractivity (Wildman–Crippen MR) is 128 cm³/mol. The van der Waals surface area contributed by atoms with Crippen LogP contribution in [0, 0.1) is 0 Å². The minimum Gasteiger partial charge on any atom is -0.465 e. The lowest BCUT2D eigenvalue weighted by Gasteiger charge is -2.09. The van der Waals surface area contributed by atoms with Crippen molar-refractivity contribution >= 4 is 5.97 Å². The van der Waals surface area contributed by atoms with Gasteiger partial charge in [0.2, 0.25) is 0 Å².